The lowest BCUT2D eigenvalue weighted by Crippen LogP contribution is -2.49. The summed E-state index contributed by atoms with van der Waals surface area (Å²) in [5.74, 6) is -0.666. The summed E-state index contributed by atoms with van der Waals surface area (Å²) in [5, 5.41) is 7.26. The van der Waals surface area contributed by atoms with Crippen LogP contribution in [0.3, 0.4) is 0 Å². The van der Waals surface area contributed by atoms with Gasteiger partial charge in [-0.3, -0.25) is 0 Å². The van der Waals surface area contributed by atoms with Gasteiger partial charge < -0.3 is 9.80 Å². The largest absolute Gasteiger partial charge is 0.341 e. The van der Waals surface area contributed by atoms with Crippen LogP contribution in [0.4, 0.5) is 23.2 Å². The molecule has 2 aromatic carbocycles. The van der Waals surface area contributed by atoms with E-state index in [1.807, 2.05) is 4.90 Å². The molecule has 0 bridgehead atoms. The Morgan fingerprint density at radius 2 is 1.94 bits per heavy atom. The normalized spacial score (nSPS) is 16.7. The number of likely N-dealkylation sites (tertiary alicyclic amines) is 1. The fourth-order valence-corrected chi connectivity index (χ4v) is 3.93. The molecule has 0 atom stereocenters. The van der Waals surface area contributed by atoms with Crippen molar-refractivity contribution in [2.75, 3.05) is 24.5 Å². The molecule has 0 unspecified atom stereocenters. The maximum Gasteiger partial charge on any atom is 0.278 e. The van der Waals surface area contributed by atoms with E-state index >= 15 is 4.39 Å². The molecule has 0 saturated carbocycles. The average Bonchev–Trinajstić information content (AvgIpc) is 3.22. The summed E-state index contributed by atoms with van der Waals surface area (Å²) in [6, 6.07) is 10.7. The molecule has 0 aromatic heterocycles. The molecule has 0 amide bonds. The van der Waals surface area contributed by atoms with Gasteiger partial charge in [0.05, 0.1) is 12.3 Å². The third-order valence-corrected chi connectivity index (χ3v) is 5.96. The summed E-state index contributed by atoms with van der Waals surface area (Å²) in [4.78, 5) is 4.11. The highest BCUT2D eigenvalue weighted by molar-refractivity contribution is 6.15. The third-order valence-electron chi connectivity index (χ3n) is 5.96. The summed E-state index contributed by atoms with van der Waals surface area (Å²) in [7, 11) is 0. The minimum absolute atomic E-state index is 0.0989. The van der Waals surface area contributed by atoms with Crippen molar-refractivity contribution in [3.63, 3.8) is 0 Å². The first kappa shape index (κ1) is 22.2. The monoisotopic (exact) mass is 444 g/mol. The summed E-state index contributed by atoms with van der Waals surface area (Å²) < 4.78 is 54.5. The lowest BCUT2D eigenvalue weighted by molar-refractivity contribution is 0.130. The Labute approximate surface area is 184 Å². The van der Waals surface area contributed by atoms with Crippen LogP contribution in [-0.2, 0) is 6.54 Å². The number of halogens is 4. The second kappa shape index (κ2) is 9.24. The van der Waals surface area contributed by atoms with Gasteiger partial charge >= 0.3 is 0 Å². The van der Waals surface area contributed by atoms with E-state index in [9.17, 15) is 13.2 Å². The van der Waals surface area contributed by atoms with Gasteiger partial charge in [0.15, 0.2) is 0 Å². The van der Waals surface area contributed by atoms with Gasteiger partial charge in [-0.2, -0.15) is 10.2 Å². The molecule has 8 heteroatoms. The summed E-state index contributed by atoms with van der Waals surface area (Å²) in [6.07, 6.45) is -2.78. The molecule has 1 saturated heterocycles. The van der Waals surface area contributed by atoms with Crippen LogP contribution >= 0.6 is 0 Å². The molecule has 168 valence electrons. The molecule has 0 N–H and O–H groups in total. The van der Waals surface area contributed by atoms with Crippen molar-refractivity contribution in [3.05, 3.63) is 77.5 Å². The smallest absolute Gasteiger partial charge is 0.278 e. The molecule has 4 nitrogen and oxygen atoms in total. The fourth-order valence-electron chi connectivity index (χ4n) is 3.93. The molecular formula is C24H24F4N4. The van der Waals surface area contributed by atoms with Gasteiger partial charge in [0.25, 0.3) is 6.43 Å². The fraction of sp³-hybridized carbons (Fsp3) is 0.333. The van der Waals surface area contributed by atoms with Gasteiger partial charge in [-0.25, -0.2) is 17.6 Å². The highest BCUT2D eigenvalue weighted by Gasteiger charge is 2.31. The van der Waals surface area contributed by atoms with Crippen LogP contribution in [0.15, 0.2) is 64.9 Å². The Bertz CT molecular complexity index is 1070. The van der Waals surface area contributed by atoms with E-state index in [-0.39, 0.29) is 30.4 Å². The van der Waals surface area contributed by atoms with Gasteiger partial charge in [-0.1, -0.05) is 31.7 Å². The van der Waals surface area contributed by atoms with Gasteiger partial charge in [-0.15, -0.1) is 0 Å². The highest BCUT2D eigenvalue weighted by Crippen LogP contribution is 2.31. The van der Waals surface area contributed by atoms with Crippen LogP contribution in [0, 0.1) is 17.6 Å². The second-order valence-electron chi connectivity index (χ2n) is 8.03. The number of hydrogen-bond acceptors (Lipinski definition) is 4. The average molecular weight is 444 g/mol. The number of hydrogen-bond donors (Lipinski definition) is 0. The molecule has 4 rings (SSSR count). The Kier molecular flexibility index (Phi) is 6.41. The SMILES string of the molecule is C=C(C1CN(CC)C1)N(Cc1ccc(C2=NN=C(C(F)F)C2)cc1F)c1cccc(F)c1. The van der Waals surface area contributed by atoms with Crippen molar-refractivity contribution in [1.29, 1.82) is 0 Å². The highest BCUT2D eigenvalue weighted by atomic mass is 19.3. The minimum Gasteiger partial charge on any atom is -0.341 e. The van der Waals surface area contributed by atoms with Gasteiger partial charge in [0.2, 0.25) is 0 Å². The number of anilines is 1. The lowest BCUT2D eigenvalue weighted by atomic mass is 9.95. The maximum absolute atomic E-state index is 15.0. The molecule has 2 aliphatic heterocycles. The maximum atomic E-state index is 15.0. The molecule has 2 heterocycles. The summed E-state index contributed by atoms with van der Waals surface area (Å²) >= 11 is 0. The Hall–Kier alpha value is -3.00. The zero-order chi connectivity index (χ0) is 22.8. The topological polar surface area (TPSA) is 31.2 Å². The first-order chi connectivity index (χ1) is 15.4. The van der Waals surface area contributed by atoms with E-state index in [1.54, 1.807) is 24.3 Å². The predicted octanol–water partition coefficient (Wildman–Crippen LogP) is 5.25. The standard InChI is InChI=1S/C24H24F4N4/c1-3-31-12-18(13-31)15(2)32(20-6-4-5-19(25)10-20)14-17-8-7-16(9-21(17)26)22-11-23(24(27)28)30-29-22/h4-10,18,24H,2-3,11-14H2,1H3. The van der Waals surface area contributed by atoms with E-state index in [4.69, 9.17) is 0 Å². The zero-order valence-electron chi connectivity index (χ0n) is 17.7. The van der Waals surface area contributed by atoms with E-state index in [0.717, 1.165) is 25.3 Å². The van der Waals surface area contributed by atoms with Crippen molar-refractivity contribution in [3.8, 4) is 0 Å². The van der Waals surface area contributed by atoms with Crippen LogP contribution in [-0.4, -0.2) is 42.4 Å². The number of rotatable bonds is 8. The van der Waals surface area contributed by atoms with Gasteiger partial charge in [-0.05, 0) is 30.8 Å². The molecule has 1 fully saturated rings. The van der Waals surface area contributed by atoms with Crippen molar-refractivity contribution in [2.24, 2.45) is 16.1 Å². The van der Waals surface area contributed by atoms with E-state index in [2.05, 4.69) is 28.6 Å². The van der Waals surface area contributed by atoms with Crippen molar-refractivity contribution in [1.82, 2.24) is 4.90 Å². The Balaban J connectivity index is 1.55. The molecular weight excluding hydrogens is 420 g/mol. The zero-order valence-corrected chi connectivity index (χ0v) is 17.7. The quantitative estimate of drug-likeness (QED) is 0.521. The van der Waals surface area contributed by atoms with Crippen molar-refractivity contribution in [2.45, 2.75) is 26.3 Å². The Morgan fingerprint density at radius 3 is 2.56 bits per heavy atom. The molecule has 2 aliphatic rings. The van der Waals surface area contributed by atoms with Crippen LogP contribution in [0.5, 0.6) is 0 Å². The third kappa shape index (κ3) is 4.60. The van der Waals surface area contributed by atoms with Crippen LogP contribution in [0.2, 0.25) is 0 Å². The Morgan fingerprint density at radius 1 is 1.16 bits per heavy atom. The van der Waals surface area contributed by atoms with E-state index < -0.39 is 12.2 Å². The molecule has 2 aromatic rings. The summed E-state index contributed by atoms with van der Waals surface area (Å²) in [6.45, 7) is 9.15. The second-order valence-corrected chi connectivity index (χ2v) is 8.03. The first-order valence-corrected chi connectivity index (χ1v) is 10.5. The van der Waals surface area contributed by atoms with E-state index in [1.165, 1.54) is 18.2 Å². The molecule has 0 spiro atoms. The minimum atomic E-state index is -2.68. The van der Waals surface area contributed by atoms with Crippen LogP contribution < -0.4 is 4.90 Å². The van der Waals surface area contributed by atoms with Crippen LogP contribution in [0.25, 0.3) is 0 Å². The van der Waals surface area contributed by atoms with Gasteiger partial charge in [0.1, 0.15) is 17.3 Å². The van der Waals surface area contributed by atoms with Crippen molar-refractivity contribution >= 4 is 17.1 Å². The molecule has 32 heavy (non-hydrogen) atoms. The number of benzene rings is 2. The summed E-state index contributed by atoms with van der Waals surface area (Å²) in [5.41, 5.74) is 2.20. The van der Waals surface area contributed by atoms with E-state index in [0.29, 0.717) is 22.5 Å². The molecule has 0 aliphatic carbocycles. The lowest BCUT2D eigenvalue weighted by Gasteiger charge is -2.43. The van der Waals surface area contributed by atoms with Crippen molar-refractivity contribution < 1.29 is 17.6 Å². The first-order valence-electron chi connectivity index (χ1n) is 10.5. The van der Waals surface area contributed by atoms with Crippen LogP contribution in [0.1, 0.15) is 24.5 Å². The number of nitrogens with zero attached hydrogens (tertiary/aromatic N) is 4. The predicted molar refractivity (Wildman–Crippen MR) is 118 cm³/mol. The molecule has 0 radical (unpaired) electrons. The van der Waals surface area contributed by atoms with Gasteiger partial charge in [0, 0.05) is 47.9 Å². The number of alkyl halides is 2.